The molecule has 0 saturated heterocycles. The van der Waals surface area contributed by atoms with Gasteiger partial charge in [0.15, 0.2) is 0 Å². The van der Waals surface area contributed by atoms with Crippen LogP contribution in [0.25, 0.3) is 0 Å². The van der Waals surface area contributed by atoms with Gasteiger partial charge in [-0.2, -0.15) is 0 Å². The Morgan fingerprint density at radius 1 is 1.21 bits per heavy atom. The van der Waals surface area contributed by atoms with Crippen LogP contribution in [-0.4, -0.2) is 28.1 Å². The van der Waals surface area contributed by atoms with Gasteiger partial charge in [0, 0.05) is 29.1 Å². The molecule has 2 rings (SSSR count). The van der Waals surface area contributed by atoms with E-state index >= 15 is 0 Å². The summed E-state index contributed by atoms with van der Waals surface area (Å²) in [5.74, 6) is -1.26. The van der Waals surface area contributed by atoms with Gasteiger partial charge in [-0.05, 0) is 30.3 Å². The zero-order valence-corrected chi connectivity index (χ0v) is 9.75. The Bertz CT molecular complexity index is 593. The Morgan fingerprint density at radius 3 is 2.53 bits per heavy atom. The van der Waals surface area contributed by atoms with Crippen LogP contribution in [-0.2, 0) is 0 Å². The summed E-state index contributed by atoms with van der Waals surface area (Å²) < 4.78 is 13.3. The predicted octanol–water partition coefficient (Wildman–Crippen LogP) is 0.153. The maximum Gasteiger partial charge on any atom is 0.491 e. The number of nitrogens with zero attached hydrogens (tertiary/aromatic N) is 1. The number of pyridine rings is 1. The maximum absolute atomic E-state index is 13.3. The molecule has 0 aliphatic carbocycles. The lowest BCUT2D eigenvalue weighted by Crippen LogP contribution is -2.33. The standard InChI is InChI=1S/C12H10BFN2O3/c14-11-2-1-8(7-10(11)13(18)19)12(17)16-9-3-5-15-6-4-9/h1-7,18-19H,(H,15,16,17). The van der Waals surface area contributed by atoms with Crippen LogP contribution in [0.2, 0.25) is 0 Å². The first-order valence-electron chi connectivity index (χ1n) is 5.45. The van der Waals surface area contributed by atoms with Crippen molar-refractivity contribution in [3.63, 3.8) is 0 Å². The van der Waals surface area contributed by atoms with Crippen molar-refractivity contribution in [3.8, 4) is 0 Å². The zero-order chi connectivity index (χ0) is 13.8. The minimum Gasteiger partial charge on any atom is -0.423 e. The van der Waals surface area contributed by atoms with E-state index in [0.29, 0.717) is 5.69 Å². The van der Waals surface area contributed by atoms with E-state index in [9.17, 15) is 9.18 Å². The van der Waals surface area contributed by atoms with Gasteiger partial charge in [0.25, 0.3) is 5.91 Å². The highest BCUT2D eigenvalue weighted by Crippen LogP contribution is 2.08. The molecule has 1 aromatic heterocycles. The number of nitrogens with one attached hydrogen (secondary N) is 1. The number of amides is 1. The monoisotopic (exact) mass is 260 g/mol. The van der Waals surface area contributed by atoms with Crippen LogP contribution in [0.3, 0.4) is 0 Å². The number of benzene rings is 1. The Labute approximate surface area is 108 Å². The molecule has 5 nitrogen and oxygen atoms in total. The lowest BCUT2D eigenvalue weighted by molar-refractivity contribution is 0.102. The van der Waals surface area contributed by atoms with Gasteiger partial charge in [0.05, 0.1) is 0 Å². The number of hydrogen-bond donors (Lipinski definition) is 3. The highest BCUT2D eigenvalue weighted by Gasteiger charge is 2.18. The largest absolute Gasteiger partial charge is 0.491 e. The first-order valence-corrected chi connectivity index (χ1v) is 5.45. The van der Waals surface area contributed by atoms with Crippen molar-refractivity contribution in [2.24, 2.45) is 0 Å². The molecule has 1 amide bonds. The molecule has 2 aromatic rings. The van der Waals surface area contributed by atoms with E-state index in [1.807, 2.05) is 0 Å². The normalized spacial score (nSPS) is 10.1. The molecule has 0 saturated carbocycles. The topological polar surface area (TPSA) is 82.5 Å². The highest BCUT2D eigenvalue weighted by molar-refractivity contribution is 6.58. The summed E-state index contributed by atoms with van der Waals surface area (Å²) in [5.41, 5.74) is 0.319. The summed E-state index contributed by atoms with van der Waals surface area (Å²) in [6, 6.07) is 6.57. The second kappa shape index (κ2) is 5.60. The number of hydrogen-bond acceptors (Lipinski definition) is 4. The first-order chi connectivity index (χ1) is 9.08. The third-order valence-corrected chi connectivity index (χ3v) is 2.47. The molecule has 0 unspecified atom stereocenters. The molecule has 0 aliphatic rings. The summed E-state index contributed by atoms with van der Waals surface area (Å²) in [4.78, 5) is 15.7. The van der Waals surface area contributed by atoms with Crippen molar-refractivity contribution in [3.05, 3.63) is 54.1 Å². The fraction of sp³-hybridized carbons (Fsp3) is 0. The predicted molar refractivity (Wildman–Crippen MR) is 68.4 cm³/mol. The average Bonchev–Trinajstić information content (AvgIpc) is 2.40. The van der Waals surface area contributed by atoms with Gasteiger partial charge in [-0.3, -0.25) is 9.78 Å². The molecule has 0 aliphatic heterocycles. The molecule has 1 heterocycles. The van der Waals surface area contributed by atoms with Crippen LogP contribution in [0.4, 0.5) is 10.1 Å². The molecule has 0 radical (unpaired) electrons. The van der Waals surface area contributed by atoms with Crippen LogP contribution in [0.15, 0.2) is 42.7 Å². The van der Waals surface area contributed by atoms with E-state index in [-0.39, 0.29) is 11.0 Å². The number of carbonyl (C=O) groups is 1. The van der Waals surface area contributed by atoms with E-state index in [1.165, 1.54) is 18.5 Å². The highest BCUT2D eigenvalue weighted by atomic mass is 19.1. The summed E-state index contributed by atoms with van der Waals surface area (Å²) in [7, 11) is -1.96. The Hall–Kier alpha value is -2.25. The van der Waals surface area contributed by atoms with Crippen LogP contribution in [0, 0.1) is 5.82 Å². The first kappa shape index (κ1) is 13.2. The van der Waals surface area contributed by atoms with Gasteiger partial charge in [0.2, 0.25) is 0 Å². The number of carbonyl (C=O) groups excluding carboxylic acids is 1. The molecule has 0 fully saturated rings. The molecule has 0 atom stereocenters. The lowest BCUT2D eigenvalue weighted by Gasteiger charge is -2.07. The van der Waals surface area contributed by atoms with Crippen molar-refractivity contribution >= 4 is 24.2 Å². The average molecular weight is 260 g/mol. The van der Waals surface area contributed by atoms with E-state index < -0.39 is 18.8 Å². The lowest BCUT2D eigenvalue weighted by atomic mass is 9.79. The molecular weight excluding hydrogens is 250 g/mol. The molecule has 1 aromatic carbocycles. The summed E-state index contributed by atoms with van der Waals surface area (Å²) in [6.45, 7) is 0. The molecule has 0 spiro atoms. The van der Waals surface area contributed by atoms with Gasteiger partial charge < -0.3 is 15.4 Å². The van der Waals surface area contributed by atoms with E-state index in [1.54, 1.807) is 12.1 Å². The number of aromatic nitrogens is 1. The van der Waals surface area contributed by atoms with Crippen molar-refractivity contribution < 1.29 is 19.2 Å². The maximum atomic E-state index is 13.3. The van der Waals surface area contributed by atoms with Crippen LogP contribution < -0.4 is 10.8 Å². The summed E-state index contributed by atoms with van der Waals surface area (Å²) in [5, 5.41) is 20.5. The van der Waals surface area contributed by atoms with Gasteiger partial charge in [-0.15, -0.1) is 0 Å². The Kier molecular flexibility index (Phi) is 3.89. The molecular formula is C12H10BFN2O3. The molecule has 19 heavy (non-hydrogen) atoms. The minimum absolute atomic E-state index is 0.126. The quantitative estimate of drug-likeness (QED) is 0.686. The number of rotatable bonds is 3. The van der Waals surface area contributed by atoms with Gasteiger partial charge in [-0.25, -0.2) is 4.39 Å². The second-order valence-corrected chi connectivity index (χ2v) is 3.80. The smallest absolute Gasteiger partial charge is 0.423 e. The van der Waals surface area contributed by atoms with Crippen LogP contribution >= 0.6 is 0 Å². The van der Waals surface area contributed by atoms with Gasteiger partial charge >= 0.3 is 7.12 Å². The molecule has 96 valence electrons. The SMILES string of the molecule is O=C(Nc1ccncc1)c1ccc(F)c(B(O)O)c1. The third-order valence-electron chi connectivity index (χ3n) is 2.47. The van der Waals surface area contributed by atoms with Gasteiger partial charge in [-0.1, -0.05) is 0 Å². The van der Waals surface area contributed by atoms with Crippen molar-refractivity contribution in [2.45, 2.75) is 0 Å². The number of anilines is 1. The van der Waals surface area contributed by atoms with Crippen LogP contribution in [0.1, 0.15) is 10.4 Å². The van der Waals surface area contributed by atoms with Crippen LogP contribution in [0.5, 0.6) is 0 Å². The molecule has 0 bridgehead atoms. The Balaban J connectivity index is 2.22. The van der Waals surface area contributed by atoms with E-state index in [0.717, 1.165) is 12.1 Å². The van der Waals surface area contributed by atoms with Crippen molar-refractivity contribution in [2.75, 3.05) is 5.32 Å². The summed E-state index contributed by atoms with van der Waals surface area (Å²) in [6.07, 6.45) is 3.03. The van der Waals surface area contributed by atoms with Gasteiger partial charge in [0.1, 0.15) is 5.82 Å². The van der Waals surface area contributed by atoms with E-state index in [4.69, 9.17) is 10.0 Å². The van der Waals surface area contributed by atoms with Crippen molar-refractivity contribution in [1.82, 2.24) is 4.98 Å². The fourth-order valence-corrected chi connectivity index (χ4v) is 1.52. The zero-order valence-electron chi connectivity index (χ0n) is 9.75. The minimum atomic E-state index is -1.96. The summed E-state index contributed by atoms with van der Waals surface area (Å²) >= 11 is 0. The molecule has 7 heteroatoms. The van der Waals surface area contributed by atoms with Crippen molar-refractivity contribution in [1.29, 1.82) is 0 Å². The number of halogens is 1. The third kappa shape index (κ3) is 3.15. The second-order valence-electron chi connectivity index (χ2n) is 3.80. The fourth-order valence-electron chi connectivity index (χ4n) is 1.52. The molecule has 3 N–H and O–H groups in total. The van der Waals surface area contributed by atoms with E-state index in [2.05, 4.69) is 10.3 Å². The Morgan fingerprint density at radius 2 is 1.89 bits per heavy atom.